The number of rotatable bonds is 3. The van der Waals surface area contributed by atoms with Gasteiger partial charge in [0.05, 0.1) is 0 Å². The zero-order valence-electron chi connectivity index (χ0n) is 12.6. The van der Waals surface area contributed by atoms with Crippen LogP contribution in [0.5, 0.6) is 0 Å². The molecule has 0 atom stereocenters. The molecule has 0 aliphatic heterocycles. The van der Waals surface area contributed by atoms with Gasteiger partial charge in [-0.3, -0.25) is 0 Å². The highest BCUT2D eigenvalue weighted by Crippen LogP contribution is 2.57. The molecule has 0 rings (SSSR count). The van der Waals surface area contributed by atoms with Crippen molar-refractivity contribution < 1.29 is 0 Å². The molecule has 0 bridgehead atoms. The van der Waals surface area contributed by atoms with Gasteiger partial charge in [-0.15, -0.1) is 44.7 Å². The first-order valence-electron chi connectivity index (χ1n) is 5.91. The van der Waals surface area contributed by atoms with Crippen LogP contribution in [-0.4, -0.2) is 19.1 Å². The van der Waals surface area contributed by atoms with Crippen LogP contribution in [0, 0.1) is 0 Å². The van der Waals surface area contributed by atoms with Gasteiger partial charge in [-0.05, 0) is 0 Å². The average Bonchev–Trinajstić information content (AvgIpc) is 1.65. The van der Waals surface area contributed by atoms with Crippen LogP contribution in [0.25, 0.3) is 0 Å². The van der Waals surface area contributed by atoms with Crippen molar-refractivity contribution in [1.29, 1.82) is 0 Å². The maximum absolute atomic E-state index is 7.02. The van der Waals surface area contributed by atoms with Gasteiger partial charge in [-0.2, -0.15) is 0 Å². The van der Waals surface area contributed by atoms with Crippen LogP contribution < -0.4 is 0 Å². The summed E-state index contributed by atoms with van der Waals surface area (Å²) in [6.45, 7) is 20.3. The highest BCUT2D eigenvalue weighted by atomic mass is 35.6. The first kappa shape index (κ1) is 18.6. The zero-order chi connectivity index (χ0) is 14.1. The third kappa shape index (κ3) is 11.1. The molecule has 0 saturated carbocycles. The molecule has 0 spiro atoms. The van der Waals surface area contributed by atoms with E-state index in [2.05, 4.69) is 62.3 Å². The van der Waals surface area contributed by atoms with Gasteiger partial charge in [0.15, 0.2) is 0 Å². The molecule has 0 amide bonds. The minimum Gasteiger partial charge on any atom is -0.141 e. The minimum absolute atomic E-state index is 0.227. The van der Waals surface area contributed by atoms with E-state index in [9.17, 15) is 0 Å². The Morgan fingerprint density at radius 1 is 0.588 bits per heavy atom. The molecule has 0 unspecified atom stereocenters. The first-order chi connectivity index (χ1) is 7.12. The topological polar surface area (TPSA) is 0 Å². The Morgan fingerprint density at radius 2 is 0.765 bits per heavy atom. The van der Waals surface area contributed by atoms with Crippen LogP contribution in [0.1, 0.15) is 62.3 Å². The summed E-state index contributed by atoms with van der Waals surface area (Å²) in [5.41, 5.74) is 0. The summed E-state index contributed by atoms with van der Waals surface area (Å²) < 4.78 is 0.680. The third-order valence-corrected chi connectivity index (χ3v) is 18.1. The van der Waals surface area contributed by atoms with Gasteiger partial charge in [0.1, 0.15) is 0 Å². The summed E-state index contributed by atoms with van der Waals surface area (Å²) in [7, 11) is 0. The van der Waals surface area contributed by atoms with Crippen molar-refractivity contribution in [2.45, 2.75) is 76.6 Å². The van der Waals surface area contributed by atoms with Crippen molar-refractivity contribution in [2.24, 2.45) is 0 Å². The van der Waals surface area contributed by atoms with Crippen molar-refractivity contribution in [1.82, 2.24) is 0 Å². The molecule has 0 aliphatic carbocycles. The van der Waals surface area contributed by atoms with E-state index in [1.165, 1.54) is 0 Å². The predicted octanol–water partition coefficient (Wildman–Crippen LogP) is 6.26. The van der Waals surface area contributed by atoms with Gasteiger partial charge >= 0.3 is 4.83 Å². The van der Waals surface area contributed by atoms with E-state index >= 15 is 0 Å². The van der Waals surface area contributed by atoms with Gasteiger partial charge in [-0.1, -0.05) is 62.3 Å². The fourth-order valence-corrected chi connectivity index (χ4v) is 31.3. The third-order valence-electron chi connectivity index (χ3n) is 1.28. The van der Waals surface area contributed by atoms with E-state index < -0.39 is 4.83 Å². The molecule has 0 aromatic carbocycles. The Hall–Kier alpha value is 1.56. The van der Waals surface area contributed by atoms with Gasteiger partial charge in [-0.25, -0.2) is 0 Å². The van der Waals surface area contributed by atoms with Gasteiger partial charge in [0.2, 0.25) is 0 Å². The Morgan fingerprint density at radius 3 is 0.882 bits per heavy atom. The predicted molar refractivity (Wildman–Crippen MR) is 93.6 cm³/mol. The second-order valence-electron chi connectivity index (χ2n) is 7.12. The zero-order valence-corrected chi connectivity index (χ0v) is 16.8. The number of hydrogen-bond donors (Lipinski definition) is 0. The Kier molecular flexibility index (Phi) is 6.44. The van der Waals surface area contributed by atoms with E-state index in [0.29, 0.717) is 0 Å². The summed E-state index contributed by atoms with van der Waals surface area (Å²) in [4.78, 5) is -1.93. The lowest BCUT2D eigenvalue weighted by atomic mass is 10.3. The normalized spacial score (nSPS) is 15.2. The molecule has 5 heteroatoms. The smallest absolute Gasteiger partial charge is 0.141 e. The lowest BCUT2D eigenvalue weighted by Crippen LogP contribution is -2.32. The van der Waals surface area contributed by atoms with Crippen LogP contribution in [0.3, 0.4) is 0 Å². The van der Waals surface area contributed by atoms with Gasteiger partial charge in [0, 0.05) is 14.2 Å². The lowest BCUT2D eigenvalue weighted by molar-refractivity contribution is 0.805. The summed E-state index contributed by atoms with van der Waals surface area (Å²) in [6, 6.07) is 0. The molecule has 0 aliphatic rings. The Balaban J connectivity index is 4.95. The summed E-state index contributed by atoms with van der Waals surface area (Å²) in [5.74, 6) is 0. The summed E-state index contributed by atoms with van der Waals surface area (Å²) in [6.07, 6.45) is 0. The monoisotopic (exact) mass is 330 g/mol. The summed E-state index contributed by atoms with van der Waals surface area (Å²) in [5, 5.41) is 0. The molecular weight excluding hydrogens is 304 g/mol. The molecule has 17 heavy (non-hydrogen) atoms. The van der Waals surface area contributed by atoms with Crippen molar-refractivity contribution >= 4 is 49.5 Å². The molecule has 0 saturated heterocycles. The van der Waals surface area contributed by atoms with Crippen LogP contribution in [0.15, 0.2) is 0 Å². The maximum atomic E-state index is 7.02. The average molecular weight is 331 g/mol. The maximum Gasteiger partial charge on any atom is 0.337 e. The van der Waals surface area contributed by atoms with Crippen LogP contribution in [0.2, 0.25) is 0 Å². The second-order valence-corrected chi connectivity index (χ2v) is 25.8. The standard InChI is InChI=1S/C12H27ClS3Si/c1-10(2,3)14-17(13,15-11(4,5)6)16-12(7,8)9/h1-9H3. The molecule has 0 heterocycles. The largest absolute Gasteiger partial charge is 0.337 e. The van der Waals surface area contributed by atoms with Crippen molar-refractivity contribution in [3.63, 3.8) is 0 Å². The van der Waals surface area contributed by atoms with Crippen LogP contribution in [0.4, 0.5) is 0 Å². The van der Waals surface area contributed by atoms with E-state index in [1.54, 1.807) is 0 Å². The van der Waals surface area contributed by atoms with E-state index in [4.69, 9.17) is 11.1 Å². The molecule has 104 valence electrons. The van der Waals surface area contributed by atoms with Crippen LogP contribution in [-0.2, 0) is 0 Å². The van der Waals surface area contributed by atoms with E-state index in [0.717, 1.165) is 0 Å². The van der Waals surface area contributed by atoms with Crippen LogP contribution >= 0.6 is 44.7 Å². The van der Waals surface area contributed by atoms with E-state index in [-0.39, 0.29) is 14.2 Å². The number of halogens is 1. The van der Waals surface area contributed by atoms with Crippen molar-refractivity contribution in [2.75, 3.05) is 0 Å². The fraction of sp³-hybridized carbons (Fsp3) is 1.00. The molecule has 0 nitrogen and oxygen atoms in total. The first-order valence-corrected chi connectivity index (χ1v) is 13.5. The lowest BCUT2D eigenvalue weighted by Gasteiger charge is -2.38. The fourth-order valence-electron chi connectivity index (χ4n) is 1.16. The van der Waals surface area contributed by atoms with Gasteiger partial charge in [0.25, 0.3) is 0 Å². The van der Waals surface area contributed by atoms with Crippen molar-refractivity contribution in [3.05, 3.63) is 0 Å². The Labute approximate surface area is 125 Å². The van der Waals surface area contributed by atoms with Gasteiger partial charge < -0.3 is 0 Å². The van der Waals surface area contributed by atoms with E-state index in [1.807, 2.05) is 33.6 Å². The highest BCUT2D eigenvalue weighted by Gasteiger charge is 2.44. The number of hydrogen-bond acceptors (Lipinski definition) is 3. The molecule has 0 N–H and O–H groups in total. The molecule has 0 radical (unpaired) electrons. The summed E-state index contributed by atoms with van der Waals surface area (Å²) >= 11 is 13.0. The minimum atomic E-state index is -1.93. The molecule has 0 aromatic heterocycles. The SMILES string of the molecule is CC(C)(C)S[Si](Cl)(SC(C)(C)C)SC(C)(C)C. The quantitative estimate of drug-likeness (QED) is 0.443. The molecule has 0 aromatic rings. The highest BCUT2D eigenvalue weighted by molar-refractivity contribution is 8.86. The molecule has 0 fully saturated rings. The van der Waals surface area contributed by atoms with Crippen molar-refractivity contribution in [3.8, 4) is 0 Å². The second kappa shape index (κ2) is 5.90. The molecular formula is C12H27ClS3Si. The Bertz CT molecular complexity index is 207.